The highest BCUT2D eigenvalue weighted by molar-refractivity contribution is 5.75. The second kappa shape index (κ2) is 7.96. The van der Waals surface area contributed by atoms with Crippen molar-refractivity contribution in [2.75, 3.05) is 40.3 Å². The molecule has 0 fully saturated rings. The van der Waals surface area contributed by atoms with Crippen LogP contribution in [0.4, 0.5) is 0 Å². The van der Waals surface area contributed by atoms with Crippen molar-refractivity contribution in [1.82, 2.24) is 9.80 Å². The topological polar surface area (TPSA) is 51.9 Å². The molecule has 0 aliphatic carbocycles. The Morgan fingerprint density at radius 2 is 2.00 bits per heavy atom. The molecule has 16 heavy (non-hydrogen) atoms. The molecule has 0 saturated carbocycles. The lowest BCUT2D eigenvalue weighted by Crippen LogP contribution is -2.26. The van der Waals surface area contributed by atoms with Crippen molar-refractivity contribution in [3.05, 3.63) is 0 Å². The highest BCUT2D eigenvalue weighted by Gasteiger charge is 2.09. The van der Waals surface area contributed by atoms with E-state index < -0.39 is 0 Å². The van der Waals surface area contributed by atoms with Crippen molar-refractivity contribution in [2.24, 2.45) is 4.99 Å². The molecule has 1 aliphatic heterocycles. The summed E-state index contributed by atoms with van der Waals surface area (Å²) in [6, 6.07) is 0.789. The van der Waals surface area contributed by atoms with E-state index in [0.29, 0.717) is 5.84 Å². The Morgan fingerprint density at radius 3 is 2.25 bits per heavy atom. The molecule has 0 amide bonds. The van der Waals surface area contributed by atoms with Crippen LogP contribution in [0, 0.1) is 5.41 Å². The van der Waals surface area contributed by atoms with Gasteiger partial charge in [0.2, 0.25) is 0 Å². The van der Waals surface area contributed by atoms with Gasteiger partial charge in [0, 0.05) is 27.2 Å². The minimum Gasteiger partial charge on any atom is -0.463 e. The predicted molar refractivity (Wildman–Crippen MR) is 68.3 cm³/mol. The van der Waals surface area contributed by atoms with E-state index in [1.807, 2.05) is 30.8 Å². The molecule has 0 bridgehead atoms. The van der Waals surface area contributed by atoms with E-state index in [9.17, 15) is 0 Å². The van der Waals surface area contributed by atoms with Crippen LogP contribution in [0.5, 0.6) is 0 Å². The zero-order valence-electron chi connectivity index (χ0n) is 11.1. The van der Waals surface area contributed by atoms with Crippen molar-refractivity contribution in [3.8, 4) is 0 Å². The number of ether oxygens (including phenoxy) is 1. The van der Waals surface area contributed by atoms with Gasteiger partial charge in [-0.2, -0.15) is 0 Å². The molecule has 0 radical (unpaired) electrons. The van der Waals surface area contributed by atoms with Crippen LogP contribution in [0.15, 0.2) is 4.99 Å². The third-order valence-corrected chi connectivity index (χ3v) is 2.42. The summed E-state index contributed by atoms with van der Waals surface area (Å²) in [6.07, 6.45) is 0. The summed E-state index contributed by atoms with van der Waals surface area (Å²) >= 11 is 0. The van der Waals surface area contributed by atoms with Gasteiger partial charge < -0.3 is 14.5 Å². The monoisotopic (exact) mass is 228 g/mol. The van der Waals surface area contributed by atoms with Gasteiger partial charge in [-0.3, -0.25) is 5.41 Å². The first kappa shape index (κ1) is 14.7. The Balaban J connectivity index is 0.000000293. The SMILES string of the molecule is CCN(C)C(C)=N.CCN(C)C1=NCCO1. The fourth-order valence-electron chi connectivity index (χ4n) is 0.927. The first-order chi connectivity index (χ1) is 7.52. The number of nitrogens with one attached hydrogen (secondary N) is 1. The molecule has 94 valence electrons. The van der Waals surface area contributed by atoms with E-state index in [2.05, 4.69) is 11.9 Å². The van der Waals surface area contributed by atoms with Crippen LogP contribution in [-0.4, -0.2) is 62.0 Å². The molecule has 1 rings (SSSR count). The third-order valence-electron chi connectivity index (χ3n) is 2.42. The van der Waals surface area contributed by atoms with E-state index in [1.54, 1.807) is 6.92 Å². The largest absolute Gasteiger partial charge is 0.463 e. The van der Waals surface area contributed by atoms with Gasteiger partial charge in [0.05, 0.1) is 12.4 Å². The number of hydrogen-bond acceptors (Lipinski definition) is 4. The van der Waals surface area contributed by atoms with E-state index >= 15 is 0 Å². The number of aliphatic imine (C=N–C) groups is 1. The molecule has 0 unspecified atom stereocenters. The average molecular weight is 228 g/mol. The maximum atomic E-state index is 7.03. The van der Waals surface area contributed by atoms with Crippen molar-refractivity contribution < 1.29 is 4.74 Å². The molecule has 0 saturated heterocycles. The standard InChI is InChI=1S/C6H12N2O.C5H12N2/c1-3-8(2)6-7-4-5-9-6;1-4-7(3)5(2)6/h3-5H2,1-2H3;6H,4H2,1-3H3. The normalized spacial score (nSPS) is 13.2. The summed E-state index contributed by atoms with van der Waals surface area (Å²) in [5, 5.41) is 7.03. The molecule has 0 aromatic heterocycles. The minimum atomic E-state index is 0.627. The van der Waals surface area contributed by atoms with Crippen molar-refractivity contribution in [2.45, 2.75) is 20.8 Å². The molecule has 0 aromatic carbocycles. The quantitative estimate of drug-likeness (QED) is 0.572. The van der Waals surface area contributed by atoms with Crippen LogP contribution in [0.2, 0.25) is 0 Å². The van der Waals surface area contributed by atoms with Crippen molar-refractivity contribution >= 4 is 11.9 Å². The Hall–Kier alpha value is -1.26. The maximum absolute atomic E-state index is 7.03. The van der Waals surface area contributed by atoms with Gasteiger partial charge in [-0.15, -0.1) is 0 Å². The summed E-state index contributed by atoms with van der Waals surface area (Å²) in [5.41, 5.74) is 0. The molecular weight excluding hydrogens is 204 g/mol. The van der Waals surface area contributed by atoms with Crippen molar-refractivity contribution in [1.29, 1.82) is 5.41 Å². The van der Waals surface area contributed by atoms with Crippen LogP contribution < -0.4 is 0 Å². The van der Waals surface area contributed by atoms with Gasteiger partial charge in [-0.1, -0.05) is 0 Å². The summed E-state index contributed by atoms with van der Waals surface area (Å²) < 4.78 is 5.18. The average Bonchev–Trinajstić information content (AvgIpc) is 2.81. The smallest absolute Gasteiger partial charge is 0.287 e. The predicted octanol–water partition coefficient (Wildman–Crippen LogP) is 1.26. The van der Waals surface area contributed by atoms with E-state index in [4.69, 9.17) is 10.1 Å². The van der Waals surface area contributed by atoms with Crippen LogP contribution in [-0.2, 0) is 4.74 Å². The highest BCUT2D eigenvalue weighted by atomic mass is 16.5. The van der Waals surface area contributed by atoms with E-state index in [-0.39, 0.29) is 0 Å². The number of hydrogen-bond donors (Lipinski definition) is 1. The van der Waals surface area contributed by atoms with Crippen LogP contribution >= 0.6 is 0 Å². The van der Waals surface area contributed by atoms with Crippen molar-refractivity contribution in [3.63, 3.8) is 0 Å². The van der Waals surface area contributed by atoms with E-state index in [1.165, 1.54) is 0 Å². The second-order valence-corrected chi connectivity index (χ2v) is 3.63. The molecule has 5 heteroatoms. The summed E-state index contributed by atoms with van der Waals surface area (Å²) in [5.74, 6) is 0.627. The van der Waals surface area contributed by atoms with Gasteiger partial charge in [0.15, 0.2) is 0 Å². The maximum Gasteiger partial charge on any atom is 0.287 e. The fraction of sp³-hybridized carbons (Fsp3) is 0.818. The molecule has 1 aliphatic rings. The third kappa shape index (κ3) is 5.58. The first-order valence-electron chi connectivity index (χ1n) is 5.67. The Morgan fingerprint density at radius 1 is 1.38 bits per heavy atom. The van der Waals surface area contributed by atoms with Gasteiger partial charge in [0.1, 0.15) is 6.61 Å². The van der Waals surface area contributed by atoms with E-state index in [0.717, 1.165) is 32.3 Å². The fourth-order valence-corrected chi connectivity index (χ4v) is 0.927. The lowest BCUT2D eigenvalue weighted by atomic mass is 10.5. The Kier molecular flexibility index (Phi) is 7.33. The summed E-state index contributed by atoms with van der Waals surface area (Å²) in [4.78, 5) is 7.99. The van der Waals surface area contributed by atoms with Crippen LogP contribution in [0.3, 0.4) is 0 Å². The zero-order valence-corrected chi connectivity index (χ0v) is 11.1. The summed E-state index contributed by atoms with van der Waals surface area (Å²) in [7, 11) is 3.88. The van der Waals surface area contributed by atoms with Crippen LogP contribution in [0.25, 0.3) is 0 Å². The molecule has 0 aromatic rings. The highest BCUT2D eigenvalue weighted by Crippen LogP contribution is 1.96. The van der Waals surface area contributed by atoms with Gasteiger partial charge >= 0.3 is 0 Å². The molecule has 1 N–H and O–H groups in total. The number of amidine groups is 2. The lowest BCUT2D eigenvalue weighted by molar-refractivity contribution is 0.286. The van der Waals surface area contributed by atoms with Gasteiger partial charge in [0.25, 0.3) is 6.02 Å². The zero-order chi connectivity index (χ0) is 12.6. The first-order valence-corrected chi connectivity index (χ1v) is 5.67. The summed E-state index contributed by atoms with van der Waals surface area (Å²) in [6.45, 7) is 9.33. The van der Waals surface area contributed by atoms with Crippen LogP contribution in [0.1, 0.15) is 20.8 Å². The molecule has 1 heterocycles. The molecule has 5 nitrogen and oxygen atoms in total. The second-order valence-electron chi connectivity index (χ2n) is 3.63. The molecule has 0 atom stereocenters. The Labute approximate surface area is 98.6 Å². The molecule has 0 spiro atoms. The number of nitrogens with zero attached hydrogens (tertiary/aromatic N) is 3. The Bertz CT molecular complexity index is 240. The van der Waals surface area contributed by atoms with Gasteiger partial charge in [-0.25, -0.2) is 4.99 Å². The van der Waals surface area contributed by atoms with Gasteiger partial charge in [-0.05, 0) is 20.8 Å². The number of rotatable bonds is 2. The molecular formula is C11H24N4O. The lowest BCUT2D eigenvalue weighted by Gasteiger charge is -2.13. The minimum absolute atomic E-state index is 0.627.